The molecule has 6 nitrogen and oxygen atoms in total. The lowest BCUT2D eigenvalue weighted by atomic mass is 10.1. The Hall–Kier alpha value is -2.47. The number of hydrogen-bond donors (Lipinski definition) is 2. The number of phenolic OH excluding ortho intramolecular Hbond substituents is 1. The fourth-order valence-corrected chi connectivity index (χ4v) is 3.23. The van der Waals surface area contributed by atoms with Crippen LogP contribution in [0.15, 0.2) is 36.7 Å². The zero-order valence-corrected chi connectivity index (χ0v) is 12.9. The van der Waals surface area contributed by atoms with E-state index in [-0.39, 0.29) is 6.79 Å². The maximum atomic E-state index is 10.2. The number of benzene rings is 1. The summed E-state index contributed by atoms with van der Waals surface area (Å²) in [6.45, 7) is 5.17. The number of quaternary nitrogens is 1. The molecule has 1 aromatic heterocycles. The summed E-state index contributed by atoms with van der Waals surface area (Å²) in [4.78, 5) is 6.93. The van der Waals surface area contributed by atoms with Crippen molar-refractivity contribution in [2.75, 3.05) is 37.9 Å². The molecule has 0 unspecified atom stereocenters. The van der Waals surface area contributed by atoms with Crippen LogP contribution in [-0.2, 0) is 6.54 Å². The quantitative estimate of drug-likeness (QED) is 0.826. The summed E-state index contributed by atoms with van der Waals surface area (Å²) in [5.41, 5.74) is 2.18. The Kier molecular flexibility index (Phi) is 3.67. The van der Waals surface area contributed by atoms with Crippen molar-refractivity contribution in [3.05, 3.63) is 42.2 Å². The number of aromatic hydroxyl groups is 1. The molecule has 0 radical (unpaired) electrons. The van der Waals surface area contributed by atoms with Crippen molar-refractivity contribution in [1.82, 2.24) is 0 Å². The first-order valence-electron chi connectivity index (χ1n) is 7.96. The summed E-state index contributed by atoms with van der Waals surface area (Å²) in [6, 6.07) is 7.78. The standard InChI is InChI=1S/C17H19N3O3/c21-15-10-17-16(22-12-23-17)9-13(15)11-19-5-7-20(8-6-19)14-1-3-18-4-2-14/h1-4,9-10,21H,5-8,11-12H2/p+2. The second-order valence-corrected chi connectivity index (χ2v) is 6.01. The number of nitrogens with zero attached hydrogens (tertiary/aromatic N) is 1. The molecule has 0 aliphatic carbocycles. The Labute approximate surface area is 134 Å². The van der Waals surface area contributed by atoms with E-state index in [0.717, 1.165) is 44.0 Å². The van der Waals surface area contributed by atoms with Gasteiger partial charge < -0.3 is 24.4 Å². The van der Waals surface area contributed by atoms with Crippen molar-refractivity contribution in [1.29, 1.82) is 0 Å². The van der Waals surface area contributed by atoms with Gasteiger partial charge in [-0.25, -0.2) is 4.98 Å². The van der Waals surface area contributed by atoms with E-state index in [9.17, 15) is 5.11 Å². The van der Waals surface area contributed by atoms with Crippen LogP contribution in [0, 0.1) is 0 Å². The molecule has 3 N–H and O–H groups in total. The normalized spacial score (nSPS) is 17.5. The van der Waals surface area contributed by atoms with E-state index in [1.54, 1.807) is 6.07 Å². The first kappa shape index (κ1) is 14.1. The molecule has 4 rings (SSSR count). The van der Waals surface area contributed by atoms with Gasteiger partial charge in [-0.2, -0.15) is 0 Å². The molecule has 0 atom stereocenters. The Morgan fingerprint density at radius 2 is 1.78 bits per heavy atom. The Morgan fingerprint density at radius 1 is 1.09 bits per heavy atom. The smallest absolute Gasteiger partial charge is 0.231 e. The second-order valence-electron chi connectivity index (χ2n) is 6.01. The number of H-pyrrole nitrogens is 1. The minimum Gasteiger partial charge on any atom is -0.507 e. The van der Waals surface area contributed by atoms with Crippen LogP contribution in [0.25, 0.3) is 0 Å². The molecule has 3 heterocycles. The summed E-state index contributed by atoms with van der Waals surface area (Å²) in [7, 11) is 0. The molecule has 2 aliphatic heterocycles. The molecule has 0 amide bonds. The van der Waals surface area contributed by atoms with Crippen LogP contribution in [-0.4, -0.2) is 38.1 Å². The maximum absolute atomic E-state index is 10.2. The number of phenols is 1. The van der Waals surface area contributed by atoms with Crippen LogP contribution in [0.4, 0.5) is 5.69 Å². The molecule has 0 spiro atoms. The van der Waals surface area contributed by atoms with Gasteiger partial charge in [0, 0.05) is 23.9 Å². The van der Waals surface area contributed by atoms with Gasteiger partial charge >= 0.3 is 0 Å². The van der Waals surface area contributed by atoms with Crippen molar-refractivity contribution >= 4 is 5.69 Å². The predicted molar refractivity (Wildman–Crippen MR) is 83.8 cm³/mol. The molecule has 2 aliphatic rings. The van der Waals surface area contributed by atoms with E-state index in [2.05, 4.69) is 22.0 Å². The largest absolute Gasteiger partial charge is 0.507 e. The third-order valence-electron chi connectivity index (χ3n) is 4.55. The highest BCUT2D eigenvalue weighted by Crippen LogP contribution is 2.37. The fourth-order valence-electron chi connectivity index (χ4n) is 3.23. The number of nitrogens with one attached hydrogen (secondary N) is 2. The molecule has 23 heavy (non-hydrogen) atoms. The van der Waals surface area contributed by atoms with Crippen LogP contribution >= 0.6 is 0 Å². The third kappa shape index (κ3) is 2.90. The lowest BCUT2D eigenvalue weighted by Crippen LogP contribution is -3.13. The third-order valence-corrected chi connectivity index (χ3v) is 4.55. The van der Waals surface area contributed by atoms with E-state index in [1.165, 1.54) is 10.6 Å². The van der Waals surface area contributed by atoms with E-state index < -0.39 is 0 Å². The van der Waals surface area contributed by atoms with Crippen LogP contribution in [0.2, 0.25) is 0 Å². The first-order chi connectivity index (χ1) is 11.3. The van der Waals surface area contributed by atoms with Crippen LogP contribution in [0.5, 0.6) is 17.2 Å². The topological polar surface area (TPSA) is 60.5 Å². The fraction of sp³-hybridized carbons (Fsp3) is 0.353. The highest BCUT2D eigenvalue weighted by atomic mass is 16.7. The number of aromatic nitrogens is 1. The van der Waals surface area contributed by atoms with Crippen molar-refractivity contribution in [3.63, 3.8) is 0 Å². The molecular weight excluding hydrogens is 294 g/mol. The molecule has 1 fully saturated rings. The summed E-state index contributed by atoms with van der Waals surface area (Å²) < 4.78 is 10.7. The van der Waals surface area contributed by atoms with E-state index in [1.807, 2.05) is 18.5 Å². The number of anilines is 1. The first-order valence-corrected chi connectivity index (χ1v) is 7.96. The van der Waals surface area contributed by atoms with Crippen LogP contribution < -0.4 is 24.3 Å². The lowest BCUT2D eigenvalue weighted by Gasteiger charge is -2.33. The number of fused-ring (bicyclic) bond motifs is 1. The van der Waals surface area contributed by atoms with Gasteiger partial charge in [-0.05, 0) is 6.07 Å². The monoisotopic (exact) mass is 315 g/mol. The average Bonchev–Trinajstić information content (AvgIpc) is 3.04. The van der Waals surface area contributed by atoms with Crippen LogP contribution in [0.3, 0.4) is 0 Å². The zero-order valence-electron chi connectivity index (χ0n) is 12.9. The molecule has 2 aromatic rings. The molecule has 1 saturated heterocycles. The van der Waals surface area contributed by atoms with Gasteiger partial charge in [0.05, 0.1) is 31.7 Å². The highest BCUT2D eigenvalue weighted by molar-refractivity contribution is 5.51. The van der Waals surface area contributed by atoms with Gasteiger partial charge in [0.2, 0.25) is 6.79 Å². The van der Waals surface area contributed by atoms with Crippen molar-refractivity contribution in [3.8, 4) is 17.2 Å². The van der Waals surface area contributed by atoms with Gasteiger partial charge in [-0.15, -0.1) is 0 Å². The molecular formula is C17H21N3O3+2. The average molecular weight is 315 g/mol. The second kappa shape index (κ2) is 5.96. The van der Waals surface area contributed by atoms with Crippen LogP contribution in [0.1, 0.15) is 5.56 Å². The number of hydrogen-bond acceptors (Lipinski definition) is 4. The van der Waals surface area contributed by atoms with Crippen molar-refractivity contribution in [2.24, 2.45) is 0 Å². The maximum Gasteiger partial charge on any atom is 0.231 e. The van der Waals surface area contributed by atoms with Crippen molar-refractivity contribution < 1.29 is 24.5 Å². The molecule has 0 saturated carbocycles. The number of piperazine rings is 1. The molecule has 1 aromatic carbocycles. The Morgan fingerprint density at radius 3 is 2.52 bits per heavy atom. The predicted octanol–water partition coefficient (Wildman–Crippen LogP) is -0.160. The number of aromatic amines is 1. The van der Waals surface area contributed by atoms with Crippen molar-refractivity contribution in [2.45, 2.75) is 6.54 Å². The van der Waals surface area contributed by atoms with E-state index in [0.29, 0.717) is 11.5 Å². The SMILES string of the molecule is Oc1cc2c(cc1C[NH+]1CCN(c3cc[nH+]cc3)CC1)OCO2. The highest BCUT2D eigenvalue weighted by Gasteiger charge is 2.23. The summed E-state index contributed by atoms with van der Waals surface area (Å²) >= 11 is 0. The van der Waals surface area contributed by atoms with E-state index >= 15 is 0 Å². The lowest BCUT2D eigenvalue weighted by molar-refractivity contribution is -0.914. The number of ether oxygens (including phenoxy) is 2. The van der Waals surface area contributed by atoms with E-state index in [4.69, 9.17) is 9.47 Å². The zero-order chi connectivity index (χ0) is 15.6. The van der Waals surface area contributed by atoms with Gasteiger partial charge in [-0.3, -0.25) is 0 Å². The summed E-state index contributed by atoms with van der Waals surface area (Å²) in [5, 5.41) is 10.2. The molecule has 6 heteroatoms. The minimum atomic E-state index is 0.234. The van der Waals surface area contributed by atoms with Gasteiger partial charge in [0.15, 0.2) is 23.9 Å². The Balaban J connectivity index is 1.40. The number of pyridine rings is 1. The Bertz CT molecular complexity index is 685. The van der Waals surface area contributed by atoms with Gasteiger partial charge in [0.1, 0.15) is 12.3 Å². The summed E-state index contributed by atoms with van der Waals surface area (Å²) in [6.07, 6.45) is 3.92. The van der Waals surface area contributed by atoms with Gasteiger partial charge in [-0.1, -0.05) is 0 Å². The summed E-state index contributed by atoms with van der Waals surface area (Å²) in [5.74, 6) is 1.66. The number of rotatable bonds is 3. The minimum absolute atomic E-state index is 0.234. The van der Waals surface area contributed by atoms with Gasteiger partial charge in [0.25, 0.3) is 0 Å². The molecule has 0 bridgehead atoms. The molecule has 120 valence electrons.